The average molecular weight is 586 g/mol. The number of fused-ring (bicyclic) bond motifs is 3. The average Bonchev–Trinajstić information content (AvgIpc) is 3.40. The van der Waals surface area contributed by atoms with Crippen LogP contribution in [-0.4, -0.2) is 3.21 Å². The van der Waals surface area contributed by atoms with Gasteiger partial charge in [0.1, 0.15) is 0 Å². The molecular weight excluding hydrogens is 546 g/mol. The van der Waals surface area contributed by atoms with Gasteiger partial charge in [-0.3, -0.25) is 0 Å². The maximum Gasteiger partial charge on any atom is -1.00 e. The van der Waals surface area contributed by atoms with Crippen molar-refractivity contribution in [3.63, 3.8) is 0 Å². The Kier molecular flexibility index (Phi) is 9.00. The Labute approximate surface area is 236 Å². The van der Waals surface area contributed by atoms with Gasteiger partial charge in [0.05, 0.1) is 0 Å². The molecule has 1 saturated carbocycles. The molecule has 185 valence electrons. The molecule has 0 N–H and O–H groups in total. The third-order valence-corrected chi connectivity index (χ3v) is 11.8. The van der Waals surface area contributed by atoms with Gasteiger partial charge >= 0.3 is 214 Å². The molecule has 0 amide bonds. The van der Waals surface area contributed by atoms with Crippen LogP contribution in [0.5, 0.6) is 0 Å². The summed E-state index contributed by atoms with van der Waals surface area (Å²) in [5.41, 5.74) is 12.9. The SMILES string of the molecule is CC(C)(C)c1ccc2c(c1)Cc1c-2cc(C2=CC=CC2)c(C(C)(C)C)[c]1[Zr+2]=[C]1CCCCC1.[Cl-].[Cl-]. The van der Waals surface area contributed by atoms with E-state index in [1.807, 2.05) is 6.48 Å². The van der Waals surface area contributed by atoms with E-state index in [4.69, 9.17) is 0 Å². The third-order valence-electron chi connectivity index (χ3n) is 7.69. The van der Waals surface area contributed by atoms with Crippen molar-refractivity contribution in [2.75, 3.05) is 0 Å². The fraction of sp³-hybridized carbons (Fsp3) is 0.469. The molecule has 0 bridgehead atoms. The second-order valence-corrected chi connectivity index (χ2v) is 15.9. The van der Waals surface area contributed by atoms with Gasteiger partial charge in [-0.2, -0.15) is 0 Å². The number of rotatable bonds is 2. The molecule has 0 heterocycles. The van der Waals surface area contributed by atoms with Crippen molar-refractivity contribution in [3.8, 4) is 11.1 Å². The summed E-state index contributed by atoms with van der Waals surface area (Å²) in [6.45, 7) is 14.4. The van der Waals surface area contributed by atoms with Gasteiger partial charge in [-0.25, -0.2) is 0 Å². The summed E-state index contributed by atoms with van der Waals surface area (Å²) in [4.78, 5) is 0. The Balaban J connectivity index is 0.00000171. The van der Waals surface area contributed by atoms with Gasteiger partial charge in [0.15, 0.2) is 0 Å². The van der Waals surface area contributed by atoms with E-state index in [0.717, 1.165) is 12.8 Å². The first-order valence-corrected chi connectivity index (χ1v) is 15.4. The van der Waals surface area contributed by atoms with Gasteiger partial charge in [0.2, 0.25) is 0 Å². The van der Waals surface area contributed by atoms with Crippen LogP contribution in [0, 0.1) is 0 Å². The van der Waals surface area contributed by atoms with Crippen LogP contribution in [0.3, 0.4) is 0 Å². The monoisotopic (exact) mass is 583 g/mol. The topological polar surface area (TPSA) is 0 Å². The molecule has 0 aliphatic heterocycles. The summed E-state index contributed by atoms with van der Waals surface area (Å²) in [5.74, 6) is 0. The number of allylic oxidation sites excluding steroid dienone is 4. The standard InChI is InChI=1S/C26H29.C6H10.2ClH.Zr/c1-25(2,3)20-11-12-21-18(14-20)13-19-15-24(26(4,5)6)23(16-22(19)21)17-9-7-8-10-17;1-2-4-6-5-3-1;;;/h7-9,11-12,14,16H,10,13H2,1-6H3;1-5H2;2*1H;/q;;;;+2/p-2. The zero-order valence-corrected chi connectivity index (χ0v) is 26.2. The van der Waals surface area contributed by atoms with E-state index in [2.05, 4.69) is 84.0 Å². The molecule has 2 aromatic rings. The Morgan fingerprint density at radius 2 is 1.49 bits per heavy atom. The zero-order valence-electron chi connectivity index (χ0n) is 22.2. The van der Waals surface area contributed by atoms with Gasteiger partial charge in [-0.05, 0) is 0 Å². The maximum absolute atomic E-state index is 2.59. The second kappa shape index (κ2) is 10.9. The van der Waals surface area contributed by atoms with Crippen molar-refractivity contribution in [2.24, 2.45) is 0 Å². The summed E-state index contributed by atoms with van der Waals surface area (Å²) >= 11 is -0.778. The van der Waals surface area contributed by atoms with Crippen LogP contribution < -0.4 is 28.1 Å². The van der Waals surface area contributed by atoms with Crippen LogP contribution in [0.2, 0.25) is 0 Å². The first-order valence-electron chi connectivity index (χ1n) is 12.9. The Hall–Kier alpha value is -0.747. The first-order chi connectivity index (χ1) is 15.6. The molecule has 35 heavy (non-hydrogen) atoms. The molecule has 3 heteroatoms. The van der Waals surface area contributed by atoms with Gasteiger partial charge in [-0.1, -0.05) is 0 Å². The number of hydrogen-bond donors (Lipinski definition) is 0. The molecule has 2 aromatic carbocycles. The minimum absolute atomic E-state index is 0. The fourth-order valence-corrected chi connectivity index (χ4v) is 10.7. The quantitative estimate of drug-likeness (QED) is 0.432. The molecule has 3 aliphatic carbocycles. The van der Waals surface area contributed by atoms with E-state index in [9.17, 15) is 0 Å². The van der Waals surface area contributed by atoms with E-state index in [0.29, 0.717) is 0 Å². The smallest absolute Gasteiger partial charge is 1.00 e. The predicted molar refractivity (Wildman–Crippen MR) is 142 cm³/mol. The molecule has 0 aromatic heterocycles. The number of benzene rings is 2. The van der Waals surface area contributed by atoms with Crippen molar-refractivity contribution in [2.45, 2.75) is 97.3 Å². The summed E-state index contributed by atoms with van der Waals surface area (Å²) in [6, 6.07) is 9.93. The predicted octanol–water partition coefficient (Wildman–Crippen LogP) is 2.05. The van der Waals surface area contributed by atoms with Crippen molar-refractivity contribution in [1.82, 2.24) is 0 Å². The zero-order chi connectivity index (χ0) is 23.4. The van der Waals surface area contributed by atoms with Crippen LogP contribution in [0.4, 0.5) is 0 Å². The maximum atomic E-state index is 2.59. The molecule has 0 radical (unpaired) electrons. The Bertz CT molecular complexity index is 1190. The summed E-state index contributed by atoms with van der Waals surface area (Å²) in [6.07, 6.45) is 16.3. The van der Waals surface area contributed by atoms with Crippen molar-refractivity contribution in [3.05, 3.63) is 70.3 Å². The number of halogens is 2. The van der Waals surface area contributed by atoms with Crippen molar-refractivity contribution < 1.29 is 47.6 Å². The minimum atomic E-state index is -0.778. The Morgan fingerprint density at radius 3 is 2.09 bits per heavy atom. The molecule has 0 unspecified atom stereocenters. The van der Waals surface area contributed by atoms with E-state index in [1.165, 1.54) is 48.8 Å². The van der Waals surface area contributed by atoms with Crippen LogP contribution in [0.15, 0.2) is 42.5 Å². The molecule has 1 fully saturated rings. The van der Waals surface area contributed by atoms with Gasteiger partial charge in [0.25, 0.3) is 0 Å². The third kappa shape index (κ3) is 5.74. The van der Waals surface area contributed by atoms with Crippen LogP contribution in [0.1, 0.15) is 108 Å². The number of hydrogen-bond acceptors (Lipinski definition) is 0. The summed E-state index contributed by atoms with van der Waals surface area (Å²) < 4.78 is 3.79. The van der Waals surface area contributed by atoms with Crippen molar-refractivity contribution >= 4 is 12.1 Å². The molecule has 3 aliphatic rings. The molecular formula is C32H39Cl2Zr. The van der Waals surface area contributed by atoms with E-state index in [1.54, 1.807) is 27.8 Å². The summed E-state index contributed by atoms with van der Waals surface area (Å²) in [7, 11) is 0. The fourth-order valence-electron chi connectivity index (χ4n) is 5.90. The largest absolute Gasteiger partial charge is 1.00 e. The van der Waals surface area contributed by atoms with Crippen molar-refractivity contribution in [1.29, 1.82) is 0 Å². The van der Waals surface area contributed by atoms with E-state index in [-0.39, 0.29) is 35.6 Å². The Morgan fingerprint density at radius 1 is 0.771 bits per heavy atom. The molecule has 0 nitrogen and oxygen atoms in total. The van der Waals surface area contributed by atoms with Gasteiger partial charge in [0, 0.05) is 0 Å². The van der Waals surface area contributed by atoms with Gasteiger partial charge < -0.3 is 24.8 Å². The minimum Gasteiger partial charge on any atom is -1.00 e. The summed E-state index contributed by atoms with van der Waals surface area (Å²) in [5, 5.41) is 0. The van der Waals surface area contributed by atoms with Crippen LogP contribution in [0.25, 0.3) is 16.7 Å². The van der Waals surface area contributed by atoms with Crippen LogP contribution in [-0.2, 0) is 40.0 Å². The van der Waals surface area contributed by atoms with Gasteiger partial charge in [-0.15, -0.1) is 0 Å². The first kappa shape index (κ1) is 28.8. The normalized spacial score (nSPS) is 16.6. The molecule has 0 spiro atoms. The molecule has 5 rings (SSSR count). The second-order valence-electron chi connectivity index (χ2n) is 12.4. The molecule has 0 atom stereocenters. The van der Waals surface area contributed by atoms with Crippen LogP contribution >= 0.6 is 0 Å². The van der Waals surface area contributed by atoms with E-state index >= 15 is 0 Å². The van der Waals surface area contributed by atoms with E-state index < -0.39 is 22.8 Å². The molecule has 0 saturated heterocycles.